The Morgan fingerprint density at radius 1 is 1.43 bits per heavy atom. The van der Waals surface area contributed by atoms with E-state index in [4.69, 9.17) is 0 Å². The SMILES string of the molecule is C[C@@H]1CCCN(CCCNS(=O)(=O)c2cccc(F)c2)C1. The van der Waals surface area contributed by atoms with E-state index in [1.807, 2.05) is 0 Å². The number of piperidine rings is 1. The molecule has 0 unspecified atom stereocenters. The number of likely N-dealkylation sites (tertiary alicyclic amines) is 1. The van der Waals surface area contributed by atoms with Crippen LogP contribution in [0.25, 0.3) is 0 Å². The van der Waals surface area contributed by atoms with E-state index in [1.165, 1.54) is 31.0 Å². The van der Waals surface area contributed by atoms with Gasteiger partial charge in [-0.25, -0.2) is 17.5 Å². The Kier molecular flexibility index (Phi) is 5.72. The van der Waals surface area contributed by atoms with Crippen molar-refractivity contribution in [3.63, 3.8) is 0 Å². The van der Waals surface area contributed by atoms with Crippen molar-refractivity contribution >= 4 is 10.0 Å². The number of rotatable bonds is 6. The summed E-state index contributed by atoms with van der Waals surface area (Å²) in [6, 6.07) is 5.07. The van der Waals surface area contributed by atoms with Gasteiger partial charge in [-0.15, -0.1) is 0 Å². The van der Waals surface area contributed by atoms with Crippen LogP contribution in [0.5, 0.6) is 0 Å². The van der Waals surface area contributed by atoms with Crippen LogP contribution in [-0.4, -0.2) is 39.5 Å². The van der Waals surface area contributed by atoms with E-state index in [0.717, 1.165) is 38.0 Å². The first-order chi connectivity index (χ1) is 9.97. The molecule has 21 heavy (non-hydrogen) atoms. The van der Waals surface area contributed by atoms with Gasteiger partial charge in [0.05, 0.1) is 4.90 Å². The summed E-state index contributed by atoms with van der Waals surface area (Å²) in [7, 11) is -3.61. The van der Waals surface area contributed by atoms with Gasteiger partial charge in [-0.2, -0.15) is 0 Å². The van der Waals surface area contributed by atoms with Crippen molar-refractivity contribution in [2.24, 2.45) is 5.92 Å². The number of hydrogen-bond acceptors (Lipinski definition) is 3. The van der Waals surface area contributed by atoms with Crippen molar-refractivity contribution < 1.29 is 12.8 Å². The van der Waals surface area contributed by atoms with Gasteiger partial charge in [-0.05, 0) is 56.5 Å². The average molecular weight is 314 g/mol. The summed E-state index contributed by atoms with van der Waals surface area (Å²) in [6.45, 7) is 5.72. The molecule has 1 N–H and O–H groups in total. The Labute approximate surface area is 126 Å². The van der Waals surface area contributed by atoms with Crippen LogP contribution >= 0.6 is 0 Å². The molecule has 2 rings (SSSR count). The number of benzene rings is 1. The van der Waals surface area contributed by atoms with Gasteiger partial charge in [-0.1, -0.05) is 13.0 Å². The van der Waals surface area contributed by atoms with Crippen molar-refractivity contribution in [1.29, 1.82) is 0 Å². The van der Waals surface area contributed by atoms with Crippen LogP contribution in [-0.2, 0) is 10.0 Å². The molecule has 1 heterocycles. The summed E-state index contributed by atoms with van der Waals surface area (Å²) in [5.41, 5.74) is 0. The van der Waals surface area contributed by atoms with Gasteiger partial charge >= 0.3 is 0 Å². The van der Waals surface area contributed by atoms with Gasteiger partial charge in [0.2, 0.25) is 10.0 Å². The smallest absolute Gasteiger partial charge is 0.240 e. The molecule has 1 saturated heterocycles. The number of halogens is 1. The first-order valence-corrected chi connectivity index (χ1v) is 8.93. The fourth-order valence-corrected chi connectivity index (χ4v) is 3.82. The first-order valence-electron chi connectivity index (χ1n) is 7.45. The topological polar surface area (TPSA) is 49.4 Å². The number of nitrogens with one attached hydrogen (secondary N) is 1. The third kappa shape index (κ3) is 5.05. The fourth-order valence-electron chi connectivity index (χ4n) is 2.72. The molecular weight excluding hydrogens is 291 g/mol. The van der Waals surface area contributed by atoms with Crippen molar-refractivity contribution in [3.05, 3.63) is 30.1 Å². The lowest BCUT2D eigenvalue weighted by molar-refractivity contribution is 0.182. The zero-order valence-electron chi connectivity index (χ0n) is 12.4. The van der Waals surface area contributed by atoms with Gasteiger partial charge in [0, 0.05) is 13.1 Å². The van der Waals surface area contributed by atoms with E-state index in [-0.39, 0.29) is 4.90 Å². The second-order valence-electron chi connectivity index (χ2n) is 5.76. The highest BCUT2D eigenvalue weighted by molar-refractivity contribution is 7.89. The minimum absolute atomic E-state index is 0.0194. The Morgan fingerprint density at radius 2 is 2.24 bits per heavy atom. The van der Waals surface area contributed by atoms with Crippen LogP contribution in [0.2, 0.25) is 0 Å². The second-order valence-corrected chi connectivity index (χ2v) is 7.52. The standard InChI is InChI=1S/C15H23FN2O2S/c1-13-5-3-9-18(12-13)10-4-8-17-21(19,20)15-7-2-6-14(16)11-15/h2,6-7,11,13,17H,3-5,8-10,12H2,1H3/t13-/m1/s1. The summed E-state index contributed by atoms with van der Waals surface area (Å²) in [5, 5.41) is 0. The molecule has 0 bridgehead atoms. The van der Waals surface area contributed by atoms with Crippen LogP contribution in [0.4, 0.5) is 4.39 Å². The number of sulfonamides is 1. The highest BCUT2D eigenvalue weighted by atomic mass is 32.2. The molecule has 1 atom stereocenters. The fraction of sp³-hybridized carbons (Fsp3) is 0.600. The van der Waals surface area contributed by atoms with Gasteiger partial charge < -0.3 is 4.90 Å². The van der Waals surface area contributed by atoms with Crippen LogP contribution in [0.1, 0.15) is 26.2 Å². The van der Waals surface area contributed by atoms with E-state index < -0.39 is 15.8 Å². The molecule has 0 aromatic heterocycles. The lowest BCUT2D eigenvalue weighted by atomic mass is 10.0. The highest BCUT2D eigenvalue weighted by Gasteiger charge is 2.17. The summed E-state index contributed by atoms with van der Waals surface area (Å²) in [5.74, 6) is 0.183. The van der Waals surface area contributed by atoms with E-state index >= 15 is 0 Å². The molecular formula is C15H23FN2O2S. The third-order valence-electron chi connectivity index (χ3n) is 3.79. The van der Waals surface area contributed by atoms with E-state index in [2.05, 4.69) is 16.5 Å². The zero-order chi connectivity index (χ0) is 15.3. The molecule has 0 spiro atoms. The van der Waals surface area contributed by atoms with E-state index in [9.17, 15) is 12.8 Å². The van der Waals surface area contributed by atoms with E-state index in [1.54, 1.807) is 0 Å². The summed E-state index contributed by atoms with van der Waals surface area (Å²) in [4.78, 5) is 2.36. The highest BCUT2D eigenvalue weighted by Crippen LogP contribution is 2.15. The summed E-state index contributed by atoms with van der Waals surface area (Å²) in [6.07, 6.45) is 3.26. The van der Waals surface area contributed by atoms with Gasteiger partial charge in [-0.3, -0.25) is 0 Å². The Hall–Kier alpha value is -0.980. The average Bonchev–Trinajstić information content (AvgIpc) is 2.44. The third-order valence-corrected chi connectivity index (χ3v) is 5.25. The lowest BCUT2D eigenvalue weighted by Gasteiger charge is -2.30. The van der Waals surface area contributed by atoms with Gasteiger partial charge in [0.25, 0.3) is 0 Å². The first kappa shape index (κ1) is 16.4. The number of hydrogen-bond donors (Lipinski definition) is 1. The molecule has 0 saturated carbocycles. The minimum atomic E-state index is -3.61. The van der Waals surface area contributed by atoms with Crippen molar-refractivity contribution in [2.45, 2.75) is 31.1 Å². The van der Waals surface area contributed by atoms with Crippen LogP contribution in [0.3, 0.4) is 0 Å². The molecule has 0 amide bonds. The molecule has 4 nitrogen and oxygen atoms in total. The Morgan fingerprint density at radius 3 is 2.95 bits per heavy atom. The quantitative estimate of drug-likeness (QED) is 0.819. The Balaban J connectivity index is 1.77. The molecule has 1 aliphatic heterocycles. The maximum absolute atomic E-state index is 13.1. The van der Waals surface area contributed by atoms with Crippen molar-refractivity contribution in [3.8, 4) is 0 Å². The molecule has 1 fully saturated rings. The molecule has 1 aliphatic rings. The van der Waals surface area contributed by atoms with Gasteiger partial charge in [0.15, 0.2) is 0 Å². The lowest BCUT2D eigenvalue weighted by Crippen LogP contribution is -2.36. The molecule has 6 heteroatoms. The van der Waals surface area contributed by atoms with Gasteiger partial charge in [0.1, 0.15) is 5.82 Å². The van der Waals surface area contributed by atoms with Crippen LogP contribution in [0.15, 0.2) is 29.2 Å². The van der Waals surface area contributed by atoms with Crippen LogP contribution < -0.4 is 4.72 Å². The molecule has 118 valence electrons. The monoisotopic (exact) mass is 314 g/mol. The second kappa shape index (κ2) is 7.33. The predicted molar refractivity (Wildman–Crippen MR) is 81.0 cm³/mol. The maximum atomic E-state index is 13.1. The zero-order valence-corrected chi connectivity index (χ0v) is 13.2. The predicted octanol–water partition coefficient (Wildman–Crippen LogP) is 2.23. The molecule has 1 aromatic carbocycles. The summed E-state index contributed by atoms with van der Waals surface area (Å²) >= 11 is 0. The number of nitrogens with zero attached hydrogens (tertiary/aromatic N) is 1. The molecule has 0 radical (unpaired) electrons. The van der Waals surface area contributed by atoms with E-state index in [0.29, 0.717) is 6.54 Å². The van der Waals surface area contributed by atoms with Crippen molar-refractivity contribution in [2.75, 3.05) is 26.2 Å². The molecule has 1 aromatic rings. The summed E-state index contributed by atoms with van der Waals surface area (Å²) < 4.78 is 39.6. The minimum Gasteiger partial charge on any atom is -0.303 e. The van der Waals surface area contributed by atoms with Crippen molar-refractivity contribution in [1.82, 2.24) is 9.62 Å². The maximum Gasteiger partial charge on any atom is 0.240 e. The largest absolute Gasteiger partial charge is 0.303 e. The molecule has 0 aliphatic carbocycles. The van der Waals surface area contributed by atoms with Crippen LogP contribution in [0, 0.1) is 11.7 Å². The normalized spacial score (nSPS) is 20.6. The Bertz CT molecular complexity index is 563.